The number of hydrogen-bond donors (Lipinski definition) is 1. The number of benzene rings is 1. The summed E-state index contributed by atoms with van der Waals surface area (Å²) in [6, 6.07) is 7.60. The van der Waals surface area contributed by atoms with Crippen LogP contribution in [-0.4, -0.2) is 23.9 Å². The third-order valence-corrected chi connectivity index (χ3v) is 3.74. The average Bonchev–Trinajstić information content (AvgIpc) is 2.27. The highest BCUT2D eigenvalue weighted by molar-refractivity contribution is 5.79. The molecule has 1 aromatic rings. The number of rotatable bonds is 5. The van der Waals surface area contributed by atoms with Crippen LogP contribution in [0.5, 0.6) is 0 Å². The minimum atomic E-state index is 0.218. The molecule has 0 radical (unpaired) electrons. The molecule has 0 aliphatic heterocycles. The molecule has 18 heavy (non-hydrogen) atoms. The van der Waals surface area contributed by atoms with Crippen molar-refractivity contribution in [3.8, 4) is 0 Å². The number of carbonyl (C=O) groups excluding carboxylic acids is 1. The van der Waals surface area contributed by atoms with Gasteiger partial charge in [-0.1, -0.05) is 18.6 Å². The number of nitrogen functional groups attached to an aromatic ring is 1. The summed E-state index contributed by atoms with van der Waals surface area (Å²) >= 11 is 0. The Bertz CT molecular complexity index is 413. The molecule has 0 bridgehead atoms. The zero-order chi connectivity index (χ0) is 13.0. The third kappa shape index (κ3) is 3.25. The Morgan fingerprint density at radius 2 is 2.22 bits per heavy atom. The first-order chi connectivity index (χ1) is 8.69. The Kier molecular flexibility index (Phi) is 4.24. The average molecular weight is 246 g/mol. The molecule has 2 rings (SSSR count). The van der Waals surface area contributed by atoms with Crippen molar-refractivity contribution in [3.05, 3.63) is 29.8 Å². The van der Waals surface area contributed by atoms with Gasteiger partial charge in [0, 0.05) is 18.8 Å². The van der Waals surface area contributed by atoms with Gasteiger partial charge in [-0.25, -0.2) is 0 Å². The number of hydrogen-bond acceptors (Lipinski definition) is 2. The van der Waals surface area contributed by atoms with Crippen molar-refractivity contribution in [2.45, 2.75) is 32.6 Å². The minimum Gasteiger partial charge on any atom is -0.399 e. The fraction of sp³-hybridized carbons (Fsp3) is 0.533. The molecule has 1 aromatic carbocycles. The summed E-state index contributed by atoms with van der Waals surface area (Å²) in [7, 11) is 0. The van der Waals surface area contributed by atoms with Gasteiger partial charge in [0.15, 0.2) is 0 Å². The summed E-state index contributed by atoms with van der Waals surface area (Å²) in [5.41, 5.74) is 7.46. The van der Waals surface area contributed by atoms with Crippen molar-refractivity contribution in [3.63, 3.8) is 0 Å². The van der Waals surface area contributed by atoms with Gasteiger partial charge in [-0.2, -0.15) is 0 Å². The fourth-order valence-electron chi connectivity index (χ4n) is 2.38. The summed E-state index contributed by atoms with van der Waals surface area (Å²) in [6.07, 6.45) is 4.35. The highest BCUT2D eigenvalue weighted by Crippen LogP contribution is 2.27. The Balaban J connectivity index is 1.92. The molecule has 1 amide bonds. The van der Waals surface area contributed by atoms with Crippen molar-refractivity contribution in [2.75, 3.05) is 18.8 Å². The lowest BCUT2D eigenvalue weighted by molar-refractivity contribution is -0.131. The lowest BCUT2D eigenvalue weighted by atomic mass is 9.85. The van der Waals surface area contributed by atoms with E-state index in [0.29, 0.717) is 6.42 Å². The highest BCUT2D eigenvalue weighted by atomic mass is 16.2. The first-order valence-corrected chi connectivity index (χ1v) is 6.81. The van der Waals surface area contributed by atoms with Gasteiger partial charge in [-0.05, 0) is 43.4 Å². The number of nitrogens with two attached hydrogens (primary N) is 1. The van der Waals surface area contributed by atoms with Gasteiger partial charge in [-0.3, -0.25) is 4.79 Å². The summed E-state index contributed by atoms with van der Waals surface area (Å²) in [6.45, 7) is 3.78. The maximum Gasteiger partial charge on any atom is 0.226 e. The van der Waals surface area contributed by atoms with Crippen molar-refractivity contribution >= 4 is 11.6 Å². The predicted octanol–water partition coefficient (Wildman–Crippen LogP) is 2.46. The van der Waals surface area contributed by atoms with Crippen molar-refractivity contribution in [2.24, 2.45) is 5.92 Å². The van der Waals surface area contributed by atoms with Crippen molar-refractivity contribution in [1.29, 1.82) is 0 Å². The van der Waals surface area contributed by atoms with Crippen LogP contribution in [0, 0.1) is 5.92 Å². The molecular formula is C15H22N2O. The Labute approximate surface area is 109 Å². The van der Waals surface area contributed by atoms with Crippen LogP contribution >= 0.6 is 0 Å². The van der Waals surface area contributed by atoms with Crippen LogP contribution in [0.1, 0.15) is 31.7 Å². The molecule has 1 aliphatic carbocycles. The second-order valence-corrected chi connectivity index (χ2v) is 5.15. The van der Waals surface area contributed by atoms with Gasteiger partial charge in [0.2, 0.25) is 5.91 Å². The van der Waals surface area contributed by atoms with E-state index in [1.807, 2.05) is 29.2 Å². The molecule has 1 saturated carbocycles. The second-order valence-electron chi connectivity index (χ2n) is 5.15. The first-order valence-electron chi connectivity index (χ1n) is 6.81. The van der Waals surface area contributed by atoms with Gasteiger partial charge in [0.1, 0.15) is 0 Å². The minimum absolute atomic E-state index is 0.218. The van der Waals surface area contributed by atoms with Crippen LogP contribution < -0.4 is 5.73 Å². The highest BCUT2D eigenvalue weighted by Gasteiger charge is 2.22. The normalized spacial score (nSPS) is 15.2. The maximum atomic E-state index is 12.2. The summed E-state index contributed by atoms with van der Waals surface area (Å²) in [4.78, 5) is 14.2. The van der Waals surface area contributed by atoms with Crippen LogP contribution in [0.25, 0.3) is 0 Å². The molecule has 1 aliphatic rings. The SMILES string of the molecule is CCN(CC1CCC1)C(=O)Cc1cccc(N)c1. The zero-order valence-electron chi connectivity index (χ0n) is 11.1. The fourth-order valence-corrected chi connectivity index (χ4v) is 2.38. The number of amides is 1. The largest absolute Gasteiger partial charge is 0.399 e. The van der Waals surface area contributed by atoms with Crippen molar-refractivity contribution in [1.82, 2.24) is 4.90 Å². The van der Waals surface area contributed by atoms with Gasteiger partial charge < -0.3 is 10.6 Å². The molecule has 0 spiro atoms. The molecule has 1 fully saturated rings. The molecule has 0 atom stereocenters. The van der Waals surface area contributed by atoms with Crippen LogP contribution in [-0.2, 0) is 11.2 Å². The van der Waals surface area contributed by atoms with Gasteiger partial charge in [0.25, 0.3) is 0 Å². The lowest BCUT2D eigenvalue weighted by Crippen LogP contribution is -2.38. The molecular weight excluding hydrogens is 224 g/mol. The first kappa shape index (κ1) is 12.9. The predicted molar refractivity (Wildman–Crippen MR) is 74.2 cm³/mol. The smallest absolute Gasteiger partial charge is 0.226 e. The number of carbonyl (C=O) groups is 1. The zero-order valence-corrected chi connectivity index (χ0v) is 11.1. The number of anilines is 1. The number of nitrogens with zero attached hydrogens (tertiary/aromatic N) is 1. The Hall–Kier alpha value is -1.51. The van der Waals surface area contributed by atoms with Gasteiger partial charge in [0.05, 0.1) is 6.42 Å². The standard InChI is InChI=1S/C15H22N2O/c1-2-17(11-12-5-3-6-12)15(18)10-13-7-4-8-14(16)9-13/h4,7-9,12H,2-3,5-6,10-11,16H2,1H3. The van der Waals surface area contributed by atoms with E-state index < -0.39 is 0 Å². The third-order valence-electron chi connectivity index (χ3n) is 3.74. The van der Waals surface area contributed by atoms with E-state index in [9.17, 15) is 4.79 Å². The van der Waals surface area contributed by atoms with E-state index in [1.54, 1.807) is 0 Å². The van der Waals surface area contributed by atoms with E-state index in [2.05, 4.69) is 6.92 Å². The maximum absolute atomic E-state index is 12.2. The van der Waals surface area contributed by atoms with E-state index in [-0.39, 0.29) is 5.91 Å². The molecule has 3 nitrogen and oxygen atoms in total. The van der Waals surface area contributed by atoms with E-state index in [4.69, 9.17) is 5.73 Å². The molecule has 3 heteroatoms. The molecule has 0 saturated heterocycles. The van der Waals surface area contributed by atoms with Gasteiger partial charge in [-0.15, -0.1) is 0 Å². The quantitative estimate of drug-likeness (QED) is 0.811. The molecule has 0 unspecified atom stereocenters. The molecule has 0 heterocycles. The van der Waals surface area contributed by atoms with Crippen molar-refractivity contribution < 1.29 is 4.79 Å². The van der Waals surface area contributed by atoms with Crippen LogP contribution in [0.2, 0.25) is 0 Å². The van der Waals surface area contributed by atoms with E-state index >= 15 is 0 Å². The van der Waals surface area contributed by atoms with Crippen LogP contribution in [0.3, 0.4) is 0 Å². The molecule has 2 N–H and O–H groups in total. The van der Waals surface area contributed by atoms with Crippen LogP contribution in [0.4, 0.5) is 5.69 Å². The molecule has 0 aromatic heterocycles. The Morgan fingerprint density at radius 3 is 2.78 bits per heavy atom. The monoisotopic (exact) mass is 246 g/mol. The Morgan fingerprint density at radius 1 is 1.44 bits per heavy atom. The van der Waals surface area contributed by atoms with Crippen LogP contribution in [0.15, 0.2) is 24.3 Å². The van der Waals surface area contributed by atoms with E-state index in [0.717, 1.165) is 30.3 Å². The van der Waals surface area contributed by atoms with Gasteiger partial charge >= 0.3 is 0 Å². The lowest BCUT2D eigenvalue weighted by Gasteiger charge is -2.31. The van der Waals surface area contributed by atoms with E-state index in [1.165, 1.54) is 19.3 Å². The second kappa shape index (κ2) is 5.89. The summed E-state index contributed by atoms with van der Waals surface area (Å²) < 4.78 is 0. The molecule has 98 valence electrons. The summed E-state index contributed by atoms with van der Waals surface area (Å²) in [5.74, 6) is 0.949. The topological polar surface area (TPSA) is 46.3 Å². The summed E-state index contributed by atoms with van der Waals surface area (Å²) in [5, 5.41) is 0. The number of likely N-dealkylation sites (N-methyl/N-ethyl adjacent to an activating group) is 1.